The van der Waals surface area contributed by atoms with Crippen LogP contribution in [0.3, 0.4) is 0 Å². The van der Waals surface area contributed by atoms with Crippen LogP contribution in [0.4, 0.5) is 0 Å². The summed E-state index contributed by atoms with van der Waals surface area (Å²) in [6, 6.07) is 0. The van der Waals surface area contributed by atoms with Crippen LogP contribution in [-0.4, -0.2) is 16.5 Å². The van der Waals surface area contributed by atoms with Gasteiger partial charge in [0.05, 0.1) is 5.69 Å². The van der Waals surface area contributed by atoms with Crippen molar-refractivity contribution in [3.05, 3.63) is 24.3 Å². The Labute approximate surface area is 79.4 Å². The molecule has 0 aliphatic rings. The van der Waals surface area contributed by atoms with Crippen LogP contribution in [0.15, 0.2) is 18.6 Å². The Morgan fingerprint density at radius 2 is 1.92 bits per heavy atom. The third kappa shape index (κ3) is 4.58. The zero-order valence-electron chi connectivity index (χ0n) is 7.95. The fourth-order valence-corrected chi connectivity index (χ4v) is 1.26. The third-order valence-electron chi connectivity index (χ3n) is 2.00. The maximum atomic E-state index is 5.40. The van der Waals surface area contributed by atoms with Gasteiger partial charge >= 0.3 is 0 Å². The zero-order chi connectivity index (χ0) is 9.36. The van der Waals surface area contributed by atoms with Gasteiger partial charge in [-0.25, -0.2) is 0 Å². The summed E-state index contributed by atoms with van der Waals surface area (Å²) in [4.78, 5) is 8.23. The average Bonchev–Trinajstić information content (AvgIpc) is 2.19. The molecule has 0 fully saturated rings. The molecule has 0 bridgehead atoms. The Balaban J connectivity index is 2.07. The molecule has 1 heterocycles. The molecule has 0 aliphatic heterocycles. The minimum Gasteiger partial charge on any atom is -0.330 e. The summed E-state index contributed by atoms with van der Waals surface area (Å²) in [5.41, 5.74) is 6.49. The Morgan fingerprint density at radius 3 is 2.62 bits per heavy atom. The molecule has 3 heteroatoms. The molecule has 0 saturated carbocycles. The lowest BCUT2D eigenvalue weighted by Gasteiger charge is -1.99. The summed E-state index contributed by atoms with van der Waals surface area (Å²) >= 11 is 0. The molecule has 1 aromatic rings. The van der Waals surface area contributed by atoms with Crippen molar-refractivity contribution in [2.24, 2.45) is 5.73 Å². The van der Waals surface area contributed by atoms with E-state index in [1.54, 1.807) is 12.4 Å². The Bertz CT molecular complexity index is 211. The van der Waals surface area contributed by atoms with Crippen molar-refractivity contribution in [1.29, 1.82) is 0 Å². The van der Waals surface area contributed by atoms with E-state index in [2.05, 4.69) is 9.97 Å². The molecular weight excluding hydrogens is 162 g/mol. The molecule has 0 aromatic carbocycles. The van der Waals surface area contributed by atoms with E-state index in [0.29, 0.717) is 0 Å². The second kappa shape index (κ2) is 6.54. The van der Waals surface area contributed by atoms with Gasteiger partial charge in [-0.2, -0.15) is 0 Å². The quantitative estimate of drug-likeness (QED) is 0.674. The lowest BCUT2D eigenvalue weighted by Crippen LogP contribution is -1.98. The van der Waals surface area contributed by atoms with Crippen LogP contribution in [0.2, 0.25) is 0 Å². The molecule has 0 spiro atoms. The minimum absolute atomic E-state index is 0.811. The molecule has 0 atom stereocenters. The smallest absolute Gasteiger partial charge is 0.0586 e. The molecule has 1 aromatic heterocycles. The number of hydrogen-bond acceptors (Lipinski definition) is 3. The predicted molar refractivity (Wildman–Crippen MR) is 53.3 cm³/mol. The highest BCUT2D eigenvalue weighted by Crippen LogP contribution is 2.03. The number of nitrogens with two attached hydrogens (primary N) is 1. The Kier molecular flexibility index (Phi) is 5.10. The lowest BCUT2D eigenvalue weighted by molar-refractivity contribution is 0.641. The van der Waals surface area contributed by atoms with Crippen LogP contribution in [0.25, 0.3) is 0 Å². The molecule has 13 heavy (non-hydrogen) atoms. The van der Waals surface area contributed by atoms with E-state index in [1.807, 2.05) is 6.20 Å². The van der Waals surface area contributed by atoms with E-state index in [0.717, 1.165) is 25.1 Å². The Hall–Kier alpha value is -0.960. The van der Waals surface area contributed by atoms with Gasteiger partial charge in [0.15, 0.2) is 0 Å². The van der Waals surface area contributed by atoms with E-state index in [-0.39, 0.29) is 0 Å². The number of aryl methyl sites for hydroxylation is 1. The van der Waals surface area contributed by atoms with Crippen molar-refractivity contribution in [2.75, 3.05) is 6.54 Å². The number of aromatic nitrogens is 2. The van der Waals surface area contributed by atoms with Gasteiger partial charge in [-0.3, -0.25) is 9.97 Å². The fraction of sp³-hybridized carbons (Fsp3) is 0.600. The van der Waals surface area contributed by atoms with Gasteiger partial charge in [-0.1, -0.05) is 12.8 Å². The molecular formula is C10H17N3. The summed E-state index contributed by atoms with van der Waals surface area (Å²) in [6.07, 6.45) is 11.1. The Morgan fingerprint density at radius 1 is 1.08 bits per heavy atom. The van der Waals surface area contributed by atoms with Gasteiger partial charge in [-0.15, -0.1) is 0 Å². The SMILES string of the molecule is NCCCCCCc1cnccn1. The van der Waals surface area contributed by atoms with E-state index >= 15 is 0 Å². The van der Waals surface area contributed by atoms with Gasteiger partial charge in [0, 0.05) is 18.6 Å². The highest BCUT2D eigenvalue weighted by atomic mass is 14.8. The number of rotatable bonds is 6. The summed E-state index contributed by atoms with van der Waals surface area (Å²) < 4.78 is 0. The zero-order valence-corrected chi connectivity index (χ0v) is 7.95. The number of unbranched alkanes of at least 4 members (excludes halogenated alkanes) is 3. The van der Waals surface area contributed by atoms with Gasteiger partial charge in [-0.05, 0) is 25.8 Å². The molecule has 0 radical (unpaired) electrons. The second-order valence-corrected chi connectivity index (χ2v) is 3.15. The molecule has 2 N–H and O–H groups in total. The normalized spacial score (nSPS) is 10.2. The van der Waals surface area contributed by atoms with Crippen molar-refractivity contribution in [1.82, 2.24) is 9.97 Å². The van der Waals surface area contributed by atoms with Crippen LogP contribution in [0.1, 0.15) is 31.4 Å². The number of nitrogens with zero attached hydrogens (tertiary/aromatic N) is 2. The fourth-order valence-electron chi connectivity index (χ4n) is 1.26. The average molecular weight is 179 g/mol. The van der Waals surface area contributed by atoms with Crippen molar-refractivity contribution in [2.45, 2.75) is 32.1 Å². The van der Waals surface area contributed by atoms with Gasteiger partial charge in [0.2, 0.25) is 0 Å². The first-order valence-corrected chi connectivity index (χ1v) is 4.88. The summed E-state index contributed by atoms with van der Waals surface area (Å²) in [6.45, 7) is 0.811. The second-order valence-electron chi connectivity index (χ2n) is 3.15. The van der Waals surface area contributed by atoms with E-state index in [4.69, 9.17) is 5.73 Å². The summed E-state index contributed by atoms with van der Waals surface area (Å²) in [7, 11) is 0. The van der Waals surface area contributed by atoms with Gasteiger partial charge in [0.1, 0.15) is 0 Å². The van der Waals surface area contributed by atoms with Gasteiger partial charge in [0.25, 0.3) is 0 Å². The van der Waals surface area contributed by atoms with Crippen LogP contribution < -0.4 is 5.73 Å². The van der Waals surface area contributed by atoms with Crippen molar-refractivity contribution < 1.29 is 0 Å². The molecule has 3 nitrogen and oxygen atoms in total. The third-order valence-corrected chi connectivity index (χ3v) is 2.00. The largest absolute Gasteiger partial charge is 0.330 e. The summed E-state index contributed by atoms with van der Waals surface area (Å²) in [5, 5.41) is 0. The predicted octanol–water partition coefficient (Wildman–Crippen LogP) is 1.54. The van der Waals surface area contributed by atoms with Crippen LogP contribution in [0, 0.1) is 0 Å². The van der Waals surface area contributed by atoms with Crippen LogP contribution in [0.5, 0.6) is 0 Å². The van der Waals surface area contributed by atoms with E-state index in [1.165, 1.54) is 19.3 Å². The first-order chi connectivity index (χ1) is 6.43. The molecule has 72 valence electrons. The molecule has 0 saturated heterocycles. The minimum atomic E-state index is 0.811. The molecule has 0 unspecified atom stereocenters. The van der Waals surface area contributed by atoms with Gasteiger partial charge < -0.3 is 5.73 Å². The van der Waals surface area contributed by atoms with Crippen molar-refractivity contribution in [3.63, 3.8) is 0 Å². The molecule has 0 aliphatic carbocycles. The monoisotopic (exact) mass is 179 g/mol. The first kappa shape index (κ1) is 10.1. The lowest BCUT2D eigenvalue weighted by atomic mass is 10.1. The number of hydrogen-bond donors (Lipinski definition) is 1. The van der Waals surface area contributed by atoms with Crippen LogP contribution in [-0.2, 0) is 6.42 Å². The topological polar surface area (TPSA) is 51.8 Å². The van der Waals surface area contributed by atoms with Crippen molar-refractivity contribution >= 4 is 0 Å². The highest BCUT2D eigenvalue weighted by molar-refractivity contribution is 4.94. The highest BCUT2D eigenvalue weighted by Gasteiger charge is 1.93. The van der Waals surface area contributed by atoms with Crippen LogP contribution >= 0.6 is 0 Å². The van der Waals surface area contributed by atoms with Crippen molar-refractivity contribution in [3.8, 4) is 0 Å². The van der Waals surface area contributed by atoms with E-state index < -0.39 is 0 Å². The molecule has 1 rings (SSSR count). The summed E-state index contributed by atoms with van der Waals surface area (Å²) in [5.74, 6) is 0. The maximum Gasteiger partial charge on any atom is 0.0586 e. The standard InChI is InChI=1S/C10H17N3/c11-6-4-2-1-3-5-10-9-12-7-8-13-10/h7-9H,1-6,11H2. The first-order valence-electron chi connectivity index (χ1n) is 4.88. The molecule has 0 amide bonds. The van der Waals surface area contributed by atoms with E-state index in [9.17, 15) is 0 Å². The maximum absolute atomic E-state index is 5.40.